The quantitative estimate of drug-likeness (QED) is 0.923. The smallest absolute Gasteiger partial charge is 0.119 e. The molecule has 21 heavy (non-hydrogen) atoms. The lowest BCUT2D eigenvalue weighted by atomic mass is 9.70. The van der Waals surface area contributed by atoms with Crippen molar-refractivity contribution in [2.45, 2.75) is 37.6 Å². The minimum absolute atomic E-state index is 0.268. The van der Waals surface area contributed by atoms with E-state index >= 15 is 0 Å². The highest BCUT2D eigenvalue weighted by molar-refractivity contribution is 5.40. The summed E-state index contributed by atoms with van der Waals surface area (Å²) in [6.07, 6.45) is 3.04. The molecule has 0 aliphatic heterocycles. The van der Waals surface area contributed by atoms with Crippen LogP contribution in [0.2, 0.25) is 0 Å². The van der Waals surface area contributed by atoms with Gasteiger partial charge >= 0.3 is 0 Å². The van der Waals surface area contributed by atoms with Crippen LogP contribution in [0.15, 0.2) is 48.5 Å². The van der Waals surface area contributed by atoms with Gasteiger partial charge in [-0.3, -0.25) is 0 Å². The van der Waals surface area contributed by atoms with E-state index in [4.69, 9.17) is 10.5 Å². The van der Waals surface area contributed by atoms with Crippen molar-refractivity contribution in [3.63, 3.8) is 0 Å². The average molecular weight is 281 g/mol. The Kier molecular flexibility index (Phi) is 3.73. The summed E-state index contributed by atoms with van der Waals surface area (Å²) >= 11 is 0. The number of methoxy groups -OCH3 is 1. The number of rotatable bonds is 3. The Morgan fingerprint density at radius 1 is 1.19 bits per heavy atom. The molecule has 0 aromatic heterocycles. The molecule has 2 aromatic carbocycles. The maximum Gasteiger partial charge on any atom is 0.119 e. The molecule has 2 unspecified atom stereocenters. The van der Waals surface area contributed by atoms with Crippen molar-refractivity contribution in [1.82, 2.24) is 0 Å². The molecule has 2 aromatic rings. The average Bonchev–Trinajstić information content (AvgIpc) is 2.52. The van der Waals surface area contributed by atoms with Crippen molar-refractivity contribution in [3.8, 4) is 5.75 Å². The first-order chi connectivity index (χ1) is 10.1. The summed E-state index contributed by atoms with van der Waals surface area (Å²) in [4.78, 5) is 0. The lowest BCUT2D eigenvalue weighted by molar-refractivity contribution is 0.348. The summed E-state index contributed by atoms with van der Waals surface area (Å²) < 4.78 is 5.32. The molecule has 110 valence electrons. The fraction of sp³-hybridized carbons (Fsp3) is 0.368. The Morgan fingerprint density at radius 2 is 2.00 bits per heavy atom. The summed E-state index contributed by atoms with van der Waals surface area (Å²) in [5.41, 5.74) is 10.5. The molecule has 0 saturated carbocycles. The summed E-state index contributed by atoms with van der Waals surface area (Å²) in [5.74, 6) is 1.50. The van der Waals surface area contributed by atoms with Crippen LogP contribution in [0.3, 0.4) is 0 Å². The molecule has 2 atom stereocenters. The zero-order chi connectivity index (χ0) is 14.9. The second-order valence-electron chi connectivity index (χ2n) is 6.21. The molecule has 1 aliphatic rings. The predicted molar refractivity (Wildman–Crippen MR) is 86.7 cm³/mol. The fourth-order valence-corrected chi connectivity index (χ4v) is 3.47. The largest absolute Gasteiger partial charge is 0.497 e. The van der Waals surface area contributed by atoms with Crippen LogP contribution in [-0.4, -0.2) is 7.11 Å². The molecular formula is C19H23NO. The van der Waals surface area contributed by atoms with Crippen molar-refractivity contribution in [2.75, 3.05) is 7.11 Å². The van der Waals surface area contributed by atoms with Crippen molar-refractivity contribution in [2.24, 2.45) is 5.73 Å². The highest BCUT2D eigenvalue weighted by Crippen LogP contribution is 2.41. The van der Waals surface area contributed by atoms with Gasteiger partial charge in [0.2, 0.25) is 0 Å². The number of benzene rings is 2. The van der Waals surface area contributed by atoms with Gasteiger partial charge in [0.15, 0.2) is 0 Å². The summed E-state index contributed by atoms with van der Waals surface area (Å²) in [6.45, 7) is 2.30. The van der Waals surface area contributed by atoms with Crippen molar-refractivity contribution in [3.05, 3.63) is 65.2 Å². The molecule has 0 fully saturated rings. The van der Waals surface area contributed by atoms with Crippen LogP contribution in [0.1, 0.15) is 42.4 Å². The standard InChI is InChI=1S/C19H23NO/c1-14-10-11-19(20,18-9-4-3-8-17(14)18)13-15-6-5-7-16(12-15)21-2/h3-9,12,14H,10-11,13,20H2,1-2H3. The Morgan fingerprint density at radius 3 is 2.81 bits per heavy atom. The highest BCUT2D eigenvalue weighted by atomic mass is 16.5. The summed E-state index contributed by atoms with van der Waals surface area (Å²) in [7, 11) is 1.70. The summed E-state index contributed by atoms with van der Waals surface area (Å²) in [6, 6.07) is 16.9. The van der Waals surface area contributed by atoms with Gasteiger partial charge in [0, 0.05) is 5.54 Å². The second-order valence-corrected chi connectivity index (χ2v) is 6.21. The van der Waals surface area contributed by atoms with Crippen LogP contribution in [0, 0.1) is 0 Å². The number of nitrogens with two attached hydrogens (primary N) is 1. The fourth-order valence-electron chi connectivity index (χ4n) is 3.47. The van der Waals surface area contributed by atoms with Crippen LogP contribution in [0.4, 0.5) is 0 Å². The molecule has 0 bridgehead atoms. The topological polar surface area (TPSA) is 35.2 Å². The highest BCUT2D eigenvalue weighted by Gasteiger charge is 2.35. The van der Waals surface area contributed by atoms with Crippen molar-refractivity contribution >= 4 is 0 Å². The van der Waals surface area contributed by atoms with E-state index in [0.29, 0.717) is 5.92 Å². The minimum atomic E-state index is -0.268. The molecule has 0 radical (unpaired) electrons. The third kappa shape index (κ3) is 2.68. The molecule has 0 spiro atoms. The van der Waals surface area contributed by atoms with E-state index in [1.165, 1.54) is 16.7 Å². The molecule has 2 heteroatoms. The third-order valence-electron chi connectivity index (χ3n) is 4.71. The van der Waals surface area contributed by atoms with Gasteiger partial charge in [-0.1, -0.05) is 43.3 Å². The number of ether oxygens (including phenoxy) is 1. The lowest BCUT2D eigenvalue weighted by Gasteiger charge is -2.38. The van der Waals surface area contributed by atoms with Crippen LogP contribution in [-0.2, 0) is 12.0 Å². The molecule has 2 N–H and O–H groups in total. The molecule has 0 amide bonds. The van der Waals surface area contributed by atoms with Gasteiger partial charge in [-0.05, 0) is 54.0 Å². The van der Waals surface area contributed by atoms with Gasteiger partial charge in [-0.25, -0.2) is 0 Å². The van der Waals surface area contributed by atoms with E-state index in [9.17, 15) is 0 Å². The zero-order valence-corrected chi connectivity index (χ0v) is 12.8. The Hall–Kier alpha value is -1.80. The van der Waals surface area contributed by atoms with Crippen LogP contribution >= 0.6 is 0 Å². The molecular weight excluding hydrogens is 258 g/mol. The Bertz CT molecular complexity index is 637. The zero-order valence-electron chi connectivity index (χ0n) is 12.8. The van der Waals surface area contributed by atoms with E-state index in [2.05, 4.69) is 43.3 Å². The Balaban J connectivity index is 1.96. The molecule has 0 saturated heterocycles. The maximum atomic E-state index is 6.82. The van der Waals surface area contributed by atoms with Gasteiger partial charge in [0.1, 0.15) is 5.75 Å². The lowest BCUT2D eigenvalue weighted by Crippen LogP contribution is -2.42. The van der Waals surface area contributed by atoms with Gasteiger partial charge < -0.3 is 10.5 Å². The second kappa shape index (κ2) is 5.53. The monoisotopic (exact) mass is 281 g/mol. The van der Waals surface area contributed by atoms with E-state index in [-0.39, 0.29) is 5.54 Å². The SMILES string of the molecule is COc1cccc(CC2(N)CCC(C)c3ccccc32)c1. The van der Waals surface area contributed by atoms with E-state index in [0.717, 1.165) is 25.0 Å². The maximum absolute atomic E-state index is 6.82. The van der Waals surface area contributed by atoms with Gasteiger partial charge in [0.25, 0.3) is 0 Å². The van der Waals surface area contributed by atoms with Crippen molar-refractivity contribution < 1.29 is 4.74 Å². The number of fused-ring (bicyclic) bond motifs is 1. The van der Waals surface area contributed by atoms with E-state index < -0.39 is 0 Å². The number of hydrogen-bond donors (Lipinski definition) is 1. The molecule has 1 aliphatic carbocycles. The normalized spacial score (nSPS) is 24.4. The molecule has 2 nitrogen and oxygen atoms in total. The first-order valence-electron chi connectivity index (χ1n) is 7.63. The number of hydrogen-bond acceptors (Lipinski definition) is 2. The van der Waals surface area contributed by atoms with Crippen LogP contribution in [0.5, 0.6) is 5.75 Å². The first kappa shape index (κ1) is 14.2. The predicted octanol–water partition coefficient (Wildman–Crippen LogP) is 3.99. The minimum Gasteiger partial charge on any atom is -0.497 e. The van der Waals surface area contributed by atoms with Gasteiger partial charge in [-0.15, -0.1) is 0 Å². The molecule has 3 rings (SSSR count). The summed E-state index contributed by atoms with van der Waals surface area (Å²) in [5, 5.41) is 0. The molecule has 0 heterocycles. The van der Waals surface area contributed by atoms with Crippen molar-refractivity contribution in [1.29, 1.82) is 0 Å². The van der Waals surface area contributed by atoms with E-state index in [1.54, 1.807) is 7.11 Å². The van der Waals surface area contributed by atoms with E-state index in [1.807, 2.05) is 12.1 Å². The first-order valence-corrected chi connectivity index (χ1v) is 7.63. The van der Waals surface area contributed by atoms with Gasteiger partial charge in [-0.2, -0.15) is 0 Å². The Labute approximate surface area is 126 Å². The van der Waals surface area contributed by atoms with Crippen LogP contribution < -0.4 is 10.5 Å². The van der Waals surface area contributed by atoms with Gasteiger partial charge in [0.05, 0.1) is 7.11 Å². The third-order valence-corrected chi connectivity index (χ3v) is 4.71. The van der Waals surface area contributed by atoms with Crippen LogP contribution in [0.25, 0.3) is 0 Å².